The van der Waals surface area contributed by atoms with Crippen molar-refractivity contribution >= 4 is 16.5 Å². The van der Waals surface area contributed by atoms with Crippen LogP contribution >= 0.6 is 0 Å². The van der Waals surface area contributed by atoms with Crippen LogP contribution in [0.5, 0.6) is 0 Å². The number of unbranched alkanes of at least 4 members (excludes halogenated alkanes) is 6. The minimum absolute atomic E-state index is 0.0247. The van der Waals surface area contributed by atoms with Crippen LogP contribution in [0.1, 0.15) is 51.4 Å². The Morgan fingerprint density at radius 1 is 1.14 bits per heavy atom. The molecule has 0 fully saturated rings. The minimum atomic E-state index is -0.0247. The molecule has 82 valence electrons. The van der Waals surface area contributed by atoms with E-state index >= 15 is 0 Å². The van der Waals surface area contributed by atoms with Gasteiger partial charge >= 0.3 is 0 Å². The first-order valence-electron chi connectivity index (χ1n) is 5.49. The molecule has 2 nitrogen and oxygen atoms in total. The Bertz CT molecular complexity index is 157. The van der Waals surface area contributed by atoms with Crippen LogP contribution in [0.3, 0.4) is 0 Å². The quantitative estimate of drug-likeness (QED) is 0.334. The van der Waals surface area contributed by atoms with Crippen molar-refractivity contribution in [2.24, 2.45) is 0 Å². The molecule has 0 aromatic heterocycles. The summed E-state index contributed by atoms with van der Waals surface area (Å²) in [7, 11) is 0.535. The molecule has 0 aliphatic rings. The van der Waals surface area contributed by atoms with E-state index in [0.717, 1.165) is 19.3 Å². The molecule has 0 radical (unpaired) electrons. The molecule has 0 saturated heterocycles. The van der Waals surface area contributed by atoms with E-state index in [1.165, 1.54) is 25.7 Å². The highest BCUT2D eigenvalue weighted by molar-refractivity contribution is 6.05. The second kappa shape index (κ2) is 10.5. The number of hydrogen-bond donors (Lipinski definition) is 0. The highest BCUT2D eigenvalue weighted by atomic mass is 28.2. The van der Waals surface area contributed by atoms with Crippen LogP contribution in [0.15, 0.2) is 12.7 Å². The number of carbonyl (C=O) groups is 1. The maximum Gasteiger partial charge on any atom is 0.291 e. The first-order valence-corrected chi connectivity index (χ1v) is 6.30. The fourth-order valence-corrected chi connectivity index (χ4v) is 1.57. The molecule has 0 amide bonds. The predicted molar refractivity (Wildman–Crippen MR) is 63.2 cm³/mol. The molecule has 0 unspecified atom stereocenters. The number of carbonyl (C=O) groups excluding carboxylic acids is 1. The number of hydrogen-bond acceptors (Lipinski definition) is 2. The predicted octanol–water partition coefficient (Wildman–Crippen LogP) is 2.12. The summed E-state index contributed by atoms with van der Waals surface area (Å²) in [5.74, 6) is -0.0247. The molecule has 0 spiro atoms. The molecule has 0 atom stereocenters. The third-order valence-electron chi connectivity index (χ3n) is 2.27. The van der Waals surface area contributed by atoms with Crippen molar-refractivity contribution in [3.8, 4) is 0 Å². The fourth-order valence-electron chi connectivity index (χ4n) is 1.37. The molecule has 3 heteroatoms. The Kier molecular flexibility index (Phi) is 10.1. The molecular weight excluding hydrogens is 192 g/mol. The van der Waals surface area contributed by atoms with Gasteiger partial charge in [0.1, 0.15) is 0 Å². The lowest BCUT2D eigenvalue weighted by atomic mass is 10.1. The van der Waals surface area contributed by atoms with Crippen molar-refractivity contribution in [3.05, 3.63) is 12.7 Å². The summed E-state index contributed by atoms with van der Waals surface area (Å²) in [4.78, 5) is 10.8. The maximum atomic E-state index is 10.8. The van der Waals surface area contributed by atoms with Gasteiger partial charge in [0.2, 0.25) is 10.5 Å². The third kappa shape index (κ3) is 9.51. The van der Waals surface area contributed by atoms with E-state index in [2.05, 4.69) is 6.58 Å². The van der Waals surface area contributed by atoms with Crippen LogP contribution in [0.4, 0.5) is 0 Å². The average Bonchev–Trinajstić information content (AvgIpc) is 2.21. The third-order valence-corrected chi connectivity index (χ3v) is 2.72. The van der Waals surface area contributed by atoms with E-state index in [9.17, 15) is 4.79 Å². The van der Waals surface area contributed by atoms with Gasteiger partial charge in [-0.15, -0.1) is 6.58 Å². The molecule has 0 aromatic rings. The Morgan fingerprint density at radius 2 is 1.71 bits per heavy atom. The van der Waals surface area contributed by atoms with Crippen LogP contribution in [-0.2, 0) is 9.22 Å². The number of allylic oxidation sites excluding steroid dienone is 1. The summed E-state index contributed by atoms with van der Waals surface area (Å²) in [6.07, 6.45) is 10.9. The molecule has 14 heavy (non-hydrogen) atoms. The van der Waals surface area contributed by atoms with E-state index in [4.69, 9.17) is 4.43 Å². The monoisotopic (exact) mass is 214 g/mol. The molecular formula is C11H22O2Si. The minimum Gasteiger partial charge on any atom is -0.529 e. The maximum absolute atomic E-state index is 10.8. The van der Waals surface area contributed by atoms with Crippen LogP contribution in [-0.4, -0.2) is 16.5 Å². The van der Waals surface area contributed by atoms with E-state index in [1.54, 1.807) is 0 Å². The molecule has 0 bridgehead atoms. The number of rotatable bonds is 9. The van der Waals surface area contributed by atoms with Crippen molar-refractivity contribution < 1.29 is 9.22 Å². The smallest absolute Gasteiger partial charge is 0.291 e. The van der Waals surface area contributed by atoms with E-state index in [0.29, 0.717) is 16.9 Å². The van der Waals surface area contributed by atoms with Crippen molar-refractivity contribution in [1.29, 1.82) is 0 Å². The fraction of sp³-hybridized carbons (Fsp3) is 0.727. The van der Waals surface area contributed by atoms with E-state index < -0.39 is 0 Å². The summed E-state index contributed by atoms with van der Waals surface area (Å²) in [6.45, 7) is 3.69. The molecule has 0 heterocycles. The summed E-state index contributed by atoms with van der Waals surface area (Å²) in [5, 5.41) is 0. The summed E-state index contributed by atoms with van der Waals surface area (Å²) in [5.41, 5.74) is 0. The summed E-state index contributed by atoms with van der Waals surface area (Å²) in [6, 6.07) is 0. The second-order valence-corrected chi connectivity index (χ2v) is 3.93. The second-order valence-electron chi connectivity index (χ2n) is 3.52. The molecule has 0 aromatic carbocycles. The zero-order valence-corrected chi connectivity index (χ0v) is 11.3. The first kappa shape index (κ1) is 13.4. The van der Waals surface area contributed by atoms with Crippen LogP contribution in [0.25, 0.3) is 0 Å². The SMILES string of the molecule is C=CCCCCCCCCC(=O)O[SiH3]. The van der Waals surface area contributed by atoms with Crippen LogP contribution in [0.2, 0.25) is 0 Å². The Morgan fingerprint density at radius 3 is 2.29 bits per heavy atom. The van der Waals surface area contributed by atoms with Gasteiger partial charge in [0.05, 0.1) is 0 Å². The van der Waals surface area contributed by atoms with Gasteiger partial charge in [-0.2, -0.15) is 0 Å². The summed E-state index contributed by atoms with van der Waals surface area (Å²) < 4.78 is 4.70. The first-order chi connectivity index (χ1) is 6.81. The Balaban J connectivity index is 2.98. The van der Waals surface area contributed by atoms with Crippen LogP contribution in [0, 0.1) is 0 Å². The average molecular weight is 214 g/mol. The highest BCUT2D eigenvalue weighted by Gasteiger charge is 1.98. The molecule has 0 rings (SSSR count). The Labute approximate surface area is 90.3 Å². The van der Waals surface area contributed by atoms with E-state index in [-0.39, 0.29) is 5.97 Å². The largest absolute Gasteiger partial charge is 0.529 e. The zero-order chi connectivity index (χ0) is 10.6. The molecule has 0 saturated carbocycles. The van der Waals surface area contributed by atoms with E-state index in [1.807, 2.05) is 6.08 Å². The van der Waals surface area contributed by atoms with Gasteiger partial charge in [-0.1, -0.05) is 31.8 Å². The van der Waals surface area contributed by atoms with Crippen molar-refractivity contribution in [3.63, 3.8) is 0 Å². The van der Waals surface area contributed by atoms with Gasteiger partial charge in [-0.3, -0.25) is 4.79 Å². The van der Waals surface area contributed by atoms with Gasteiger partial charge in [-0.25, -0.2) is 0 Å². The topological polar surface area (TPSA) is 26.3 Å². The van der Waals surface area contributed by atoms with Gasteiger partial charge in [0.15, 0.2) is 0 Å². The lowest BCUT2D eigenvalue weighted by Crippen LogP contribution is -2.00. The summed E-state index contributed by atoms with van der Waals surface area (Å²) >= 11 is 0. The van der Waals surface area contributed by atoms with Gasteiger partial charge in [0.25, 0.3) is 5.97 Å². The molecule has 0 N–H and O–H groups in total. The normalized spacial score (nSPS) is 10.0. The zero-order valence-electron chi connectivity index (χ0n) is 9.26. The molecule has 0 aliphatic carbocycles. The van der Waals surface area contributed by atoms with Crippen LogP contribution < -0.4 is 0 Å². The van der Waals surface area contributed by atoms with Gasteiger partial charge in [-0.05, 0) is 19.3 Å². The highest BCUT2D eigenvalue weighted by Crippen LogP contribution is 2.08. The molecule has 0 aliphatic heterocycles. The Hall–Kier alpha value is -0.573. The lowest BCUT2D eigenvalue weighted by molar-refractivity contribution is -0.134. The standard InChI is InChI=1S/C11H22O2Si/c1-2-3-4-5-6-7-8-9-10-11(12)13-14/h2H,1,3-10H2,14H3. The van der Waals surface area contributed by atoms with Crippen molar-refractivity contribution in [2.75, 3.05) is 0 Å². The van der Waals surface area contributed by atoms with Gasteiger partial charge in [0, 0.05) is 6.42 Å². The van der Waals surface area contributed by atoms with Crippen molar-refractivity contribution in [1.82, 2.24) is 0 Å². The lowest BCUT2D eigenvalue weighted by Gasteiger charge is -2.00. The van der Waals surface area contributed by atoms with Gasteiger partial charge < -0.3 is 4.43 Å². The van der Waals surface area contributed by atoms with Crippen molar-refractivity contribution in [2.45, 2.75) is 51.4 Å².